The number of benzene rings is 3. The number of carbonyl (C=O) groups is 2. The Balaban J connectivity index is 1.17. The Hall–Kier alpha value is -3.62. The van der Waals surface area contributed by atoms with Crippen LogP contribution in [-0.4, -0.2) is 138 Å². The van der Waals surface area contributed by atoms with Gasteiger partial charge in [-0.3, -0.25) is 9.59 Å². The van der Waals surface area contributed by atoms with E-state index in [9.17, 15) is 9.59 Å². The summed E-state index contributed by atoms with van der Waals surface area (Å²) in [4.78, 5) is 33.1. The Morgan fingerprint density at radius 3 is 2.36 bits per heavy atom. The summed E-state index contributed by atoms with van der Waals surface area (Å²) in [5, 5.41) is 9.83. The first-order valence-corrected chi connectivity index (χ1v) is 19.9. The highest BCUT2D eigenvalue weighted by atomic mass is 35.5. The Labute approximate surface area is 339 Å². The maximum Gasteiger partial charge on any atom is 0.254 e. The Kier molecular flexibility index (Phi) is 14.1. The molecule has 0 saturated carbocycles. The van der Waals surface area contributed by atoms with Crippen LogP contribution in [0.5, 0.6) is 17.2 Å². The summed E-state index contributed by atoms with van der Waals surface area (Å²) in [5.74, 6) is 0.943. The minimum absolute atomic E-state index is 0.00453. The predicted octanol–water partition coefficient (Wildman–Crippen LogP) is 5.22. The second-order valence-electron chi connectivity index (χ2n) is 14.7. The Morgan fingerprint density at radius 1 is 0.946 bits per heavy atom. The lowest BCUT2D eigenvalue weighted by Gasteiger charge is -2.46. The van der Waals surface area contributed by atoms with Crippen molar-refractivity contribution < 1.29 is 43.1 Å². The number of halogens is 2. The van der Waals surface area contributed by atoms with Gasteiger partial charge in [-0.2, -0.15) is 0 Å². The van der Waals surface area contributed by atoms with Crippen LogP contribution >= 0.6 is 23.2 Å². The Bertz CT molecular complexity index is 1810. The summed E-state index contributed by atoms with van der Waals surface area (Å²) in [5.41, 5.74) is 2.80. The third-order valence-corrected chi connectivity index (χ3v) is 12.4. The maximum atomic E-state index is 14.2. The van der Waals surface area contributed by atoms with Gasteiger partial charge in [0.25, 0.3) is 5.91 Å². The molecule has 2 aliphatic heterocycles. The minimum Gasteiger partial charge on any atom is -0.493 e. The number of hydrogen-bond acceptors (Lipinski definition) is 10. The van der Waals surface area contributed by atoms with E-state index in [1.807, 2.05) is 17.0 Å². The first-order chi connectivity index (χ1) is 27.1. The average Bonchev–Trinajstić information content (AvgIpc) is 3.53. The van der Waals surface area contributed by atoms with Crippen LogP contribution in [0.2, 0.25) is 10.0 Å². The van der Waals surface area contributed by atoms with Crippen LogP contribution in [0.4, 0.5) is 0 Å². The number of fused-ring (bicyclic) bond motifs is 2. The van der Waals surface area contributed by atoms with Crippen molar-refractivity contribution in [2.75, 3.05) is 101 Å². The zero-order valence-electron chi connectivity index (χ0n) is 32.7. The van der Waals surface area contributed by atoms with Gasteiger partial charge in [-0.1, -0.05) is 53.5 Å². The lowest BCUT2D eigenvalue weighted by Crippen LogP contribution is -2.54. The second kappa shape index (κ2) is 18.8. The summed E-state index contributed by atoms with van der Waals surface area (Å²) in [7, 11) is 6.32. The number of hydrogen-bond donors (Lipinski definition) is 1. The molecule has 2 saturated heterocycles. The molecule has 3 aromatic rings. The third kappa shape index (κ3) is 8.92. The van der Waals surface area contributed by atoms with E-state index in [1.165, 1.54) is 32.5 Å². The van der Waals surface area contributed by atoms with Gasteiger partial charge in [-0.15, -0.1) is 0 Å². The van der Waals surface area contributed by atoms with Gasteiger partial charge >= 0.3 is 0 Å². The summed E-state index contributed by atoms with van der Waals surface area (Å²) in [6.07, 6.45) is 3.00. The number of nitrogens with zero attached hydrogens (tertiary/aromatic N) is 3. The van der Waals surface area contributed by atoms with E-state index in [0.717, 1.165) is 44.5 Å². The molecule has 12 nitrogen and oxygen atoms in total. The highest BCUT2D eigenvalue weighted by Crippen LogP contribution is 2.48. The summed E-state index contributed by atoms with van der Waals surface area (Å²) < 4.78 is 35.1. The largest absolute Gasteiger partial charge is 0.493 e. The molecule has 0 radical (unpaired) electrons. The van der Waals surface area contributed by atoms with Crippen molar-refractivity contribution in [2.45, 2.75) is 42.8 Å². The highest BCUT2D eigenvalue weighted by Gasteiger charge is 2.49. The average molecular weight is 815 g/mol. The molecule has 14 heteroatoms. The topological polar surface area (TPSA) is 119 Å². The minimum atomic E-state index is -0.848. The molecule has 0 bridgehead atoms. The quantitative estimate of drug-likeness (QED) is 0.193. The first kappa shape index (κ1) is 42.0. The molecular weight excluding hydrogens is 761 g/mol. The van der Waals surface area contributed by atoms with Crippen molar-refractivity contribution >= 4 is 35.0 Å². The molecule has 6 rings (SSSR count). The monoisotopic (exact) mass is 813 g/mol. The van der Waals surface area contributed by atoms with Gasteiger partial charge in [-0.05, 0) is 79.7 Å². The summed E-state index contributed by atoms with van der Waals surface area (Å²) in [6, 6.07) is 17.5. The molecule has 3 aromatic carbocycles. The molecule has 3 aliphatic rings. The highest BCUT2D eigenvalue weighted by molar-refractivity contribution is 6.42. The zero-order chi connectivity index (χ0) is 39.9. The van der Waals surface area contributed by atoms with Gasteiger partial charge in [0, 0.05) is 37.7 Å². The molecule has 1 spiro atoms. The third-order valence-electron chi connectivity index (χ3n) is 11.6. The number of likely N-dealkylation sites (N-methyl/N-ethyl adjacent to an activating group) is 1. The van der Waals surface area contributed by atoms with E-state index in [-0.39, 0.29) is 43.2 Å². The van der Waals surface area contributed by atoms with E-state index in [4.69, 9.17) is 56.7 Å². The number of aliphatic hydroxyl groups is 1. The smallest absolute Gasteiger partial charge is 0.254 e. The summed E-state index contributed by atoms with van der Waals surface area (Å²) in [6.45, 7) is 4.40. The standard InChI is InChI=1S/C42H53Cl2N3O9/c1-45(17-20-54-22-19-48)38(49)27-55-37-25-29-7-5-6-8-32(29)41(37)11-14-46(15-12-41)16-13-42(31-9-10-33(43)34(44)26-31)28-47(18-21-56-42)40(50)30-23-35(51-2)39(53-4)36(24-30)52-3/h5-10,23-24,26,37,48H,11-22,25,27-28H2,1-4H3/t37-,42+/m0/s1. The van der Waals surface area contributed by atoms with Crippen molar-refractivity contribution in [3.8, 4) is 17.2 Å². The number of methoxy groups -OCH3 is 3. The van der Waals surface area contributed by atoms with E-state index in [2.05, 4.69) is 29.2 Å². The molecular formula is C42H53Cl2N3O9. The number of ether oxygens (including phenoxy) is 6. The van der Waals surface area contributed by atoms with Gasteiger partial charge in [0.1, 0.15) is 12.2 Å². The summed E-state index contributed by atoms with van der Waals surface area (Å²) >= 11 is 13.0. The van der Waals surface area contributed by atoms with Crippen LogP contribution in [0.25, 0.3) is 0 Å². The van der Waals surface area contributed by atoms with Crippen molar-refractivity contribution in [3.63, 3.8) is 0 Å². The van der Waals surface area contributed by atoms with Crippen LogP contribution in [0.3, 0.4) is 0 Å². The molecule has 56 heavy (non-hydrogen) atoms. The fourth-order valence-electron chi connectivity index (χ4n) is 8.45. The molecule has 0 aromatic heterocycles. The van der Waals surface area contributed by atoms with Gasteiger partial charge in [0.05, 0.1) is 70.5 Å². The van der Waals surface area contributed by atoms with E-state index in [1.54, 1.807) is 30.1 Å². The van der Waals surface area contributed by atoms with Crippen molar-refractivity contribution in [1.29, 1.82) is 0 Å². The van der Waals surface area contributed by atoms with Crippen LogP contribution in [0.15, 0.2) is 54.6 Å². The van der Waals surface area contributed by atoms with Gasteiger partial charge < -0.3 is 48.2 Å². The number of piperidine rings is 1. The SMILES string of the molecule is COc1cc(C(=O)N2CCO[C@@](CCN3CCC4(CC3)c3ccccc3C[C@@H]4OCC(=O)N(C)CCOCCO)(c3ccc(Cl)c(Cl)c3)C2)cc(OC)c1OC. The molecule has 2 fully saturated rings. The normalized spacial score (nSPS) is 20.5. The number of amides is 2. The molecule has 2 amide bonds. The number of morpholine rings is 1. The number of rotatable bonds is 16. The number of likely N-dealkylation sites (tertiary alicyclic amines) is 1. The lowest BCUT2D eigenvalue weighted by atomic mass is 9.72. The first-order valence-electron chi connectivity index (χ1n) is 19.1. The number of aliphatic hydroxyl groups excluding tert-OH is 1. The van der Waals surface area contributed by atoms with E-state index < -0.39 is 5.60 Å². The van der Waals surface area contributed by atoms with Gasteiger partial charge in [0.15, 0.2) is 11.5 Å². The lowest BCUT2D eigenvalue weighted by molar-refractivity contribution is -0.139. The fraction of sp³-hybridized carbons (Fsp3) is 0.524. The predicted molar refractivity (Wildman–Crippen MR) is 213 cm³/mol. The van der Waals surface area contributed by atoms with E-state index in [0.29, 0.717) is 72.1 Å². The molecule has 1 N–H and O–H groups in total. The molecule has 2 heterocycles. The molecule has 304 valence electrons. The van der Waals surface area contributed by atoms with Crippen molar-refractivity contribution in [3.05, 3.63) is 86.9 Å². The fourth-order valence-corrected chi connectivity index (χ4v) is 8.74. The van der Waals surface area contributed by atoms with Crippen LogP contribution in [0.1, 0.15) is 46.3 Å². The number of carbonyl (C=O) groups excluding carboxylic acids is 2. The van der Waals surface area contributed by atoms with Gasteiger partial charge in [0.2, 0.25) is 11.7 Å². The van der Waals surface area contributed by atoms with Crippen LogP contribution in [0, 0.1) is 0 Å². The second-order valence-corrected chi connectivity index (χ2v) is 15.5. The van der Waals surface area contributed by atoms with Crippen molar-refractivity contribution in [2.24, 2.45) is 0 Å². The van der Waals surface area contributed by atoms with Crippen LogP contribution < -0.4 is 14.2 Å². The zero-order valence-corrected chi connectivity index (χ0v) is 34.2. The maximum absolute atomic E-state index is 14.2. The van der Waals surface area contributed by atoms with Gasteiger partial charge in [-0.25, -0.2) is 0 Å². The van der Waals surface area contributed by atoms with Crippen molar-refractivity contribution in [1.82, 2.24) is 14.7 Å². The molecule has 1 aliphatic carbocycles. The molecule has 2 atom stereocenters. The van der Waals surface area contributed by atoms with E-state index >= 15 is 0 Å². The molecule has 0 unspecified atom stereocenters. The van der Waals surface area contributed by atoms with Crippen LogP contribution in [-0.2, 0) is 36.4 Å². The Morgan fingerprint density at radius 2 is 1.68 bits per heavy atom.